The lowest BCUT2D eigenvalue weighted by Crippen LogP contribution is -2.20. The number of aromatic nitrogens is 2. The number of nitro groups is 1. The first-order valence-corrected chi connectivity index (χ1v) is 11.0. The highest BCUT2D eigenvalue weighted by Crippen LogP contribution is 2.37. The number of alkyl halides is 3. The number of rotatable bonds is 6. The summed E-state index contributed by atoms with van der Waals surface area (Å²) in [5.41, 5.74) is 1.01. The monoisotopic (exact) mass is 487 g/mol. The molecule has 184 valence electrons. The lowest BCUT2D eigenvalue weighted by Gasteiger charge is -2.20. The highest BCUT2D eigenvalue weighted by Gasteiger charge is 2.33. The summed E-state index contributed by atoms with van der Waals surface area (Å²) in [6, 6.07) is 5.59. The molecule has 0 saturated carbocycles. The van der Waals surface area contributed by atoms with Gasteiger partial charge in [-0.2, -0.15) is 13.2 Å². The molecule has 0 spiro atoms. The number of aryl methyl sites for hydroxylation is 1. The summed E-state index contributed by atoms with van der Waals surface area (Å²) >= 11 is 0. The Bertz CT molecular complexity index is 1320. The minimum atomic E-state index is -4.72. The van der Waals surface area contributed by atoms with Crippen molar-refractivity contribution in [2.45, 2.75) is 32.5 Å². The van der Waals surface area contributed by atoms with Crippen molar-refractivity contribution in [2.24, 2.45) is 0 Å². The Morgan fingerprint density at radius 3 is 2.60 bits per heavy atom. The van der Waals surface area contributed by atoms with Gasteiger partial charge in [-0.3, -0.25) is 10.1 Å². The number of nitrogens with one attached hydrogen (secondary N) is 2. The van der Waals surface area contributed by atoms with Gasteiger partial charge in [0.2, 0.25) is 0 Å². The Balaban J connectivity index is 1.79. The van der Waals surface area contributed by atoms with Crippen molar-refractivity contribution in [3.05, 3.63) is 69.0 Å². The summed E-state index contributed by atoms with van der Waals surface area (Å²) in [5.74, 6) is 1.54. The van der Waals surface area contributed by atoms with Crippen molar-refractivity contribution in [2.75, 3.05) is 25.5 Å². The maximum absolute atomic E-state index is 13.4. The molecule has 8 nitrogen and oxygen atoms in total. The van der Waals surface area contributed by atoms with Gasteiger partial charge in [-0.05, 0) is 50.1 Å². The number of nitro benzene ring substituents is 1. The molecule has 0 radical (unpaired) electrons. The van der Waals surface area contributed by atoms with Crippen LogP contribution in [0.3, 0.4) is 0 Å². The van der Waals surface area contributed by atoms with Gasteiger partial charge in [0.1, 0.15) is 17.4 Å². The van der Waals surface area contributed by atoms with Crippen molar-refractivity contribution >= 4 is 28.0 Å². The van der Waals surface area contributed by atoms with Gasteiger partial charge < -0.3 is 15.4 Å². The molecule has 0 aliphatic carbocycles. The molecule has 4 rings (SSSR count). The van der Waals surface area contributed by atoms with Crippen molar-refractivity contribution < 1.29 is 22.8 Å². The van der Waals surface area contributed by atoms with Crippen LogP contribution in [0.2, 0.25) is 0 Å². The van der Waals surface area contributed by atoms with Crippen LogP contribution in [-0.2, 0) is 6.18 Å². The van der Waals surface area contributed by atoms with E-state index in [1.807, 2.05) is 12.1 Å². The Kier molecular flexibility index (Phi) is 6.62. The molecule has 11 heteroatoms. The zero-order valence-corrected chi connectivity index (χ0v) is 19.4. The zero-order chi connectivity index (χ0) is 25.3. The van der Waals surface area contributed by atoms with Crippen LogP contribution >= 0.6 is 0 Å². The molecule has 0 saturated heterocycles. The van der Waals surface area contributed by atoms with Gasteiger partial charge in [-0.15, -0.1) is 0 Å². The van der Waals surface area contributed by atoms with Gasteiger partial charge in [0, 0.05) is 35.7 Å². The number of benzene rings is 2. The van der Waals surface area contributed by atoms with E-state index in [-0.39, 0.29) is 5.56 Å². The number of halogens is 3. The van der Waals surface area contributed by atoms with E-state index in [1.54, 1.807) is 21.0 Å². The van der Waals surface area contributed by atoms with Gasteiger partial charge >= 0.3 is 6.18 Å². The molecular formula is C24H24F3N5O3. The third-order valence-corrected chi connectivity index (χ3v) is 5.87. The van der Waals surface area contributed by atoms with Crippen LogP contribution < -0.4 is 15.4 Å². The topological polar surface area (TPSA) is 102 Å². The van der Waals surface area contributed by atoms with Crippen molar-refractivity contribution in [3.8, 4) is 5.75 Å². The van der Waals surface area contributed by atoms with E-state index in [0.29, 0.717) is 34.4 Å². The predicted octanol–water partition coefficient (Wildman–Crippen LogP) is 5.42. The minimum absolute atomic E-state index is 0.116. The summed E-state index contributed by atoms with van der Waals surface area (Å²) in [4.78, 5) is 19.4. The average Bonchev–Trinajstić information content (AvgIpc) is 2.82. The lowest BCUT2D eigenvalue weighted by molar-refractivity contribution is -0.385. The molecule has 1 aliphatic heterocycles. The van der Waals surface area contributed by atoms with Gasteiger partial charge in [0.25, 0.3) is 5.69 Å². The fourth-order valence-electron chi connectivity index (χ4n) is 4.11. The second kappa shape index (κ2) is 9.49. The Hall–Kier alpha value is -3.73. The number of nitrogens with zero attached hydrogens (tertiary/aromatic N) is 3. The third kappa shape index (κ3) is 5.19. The second-order valence-corrected chi connectivity index (χ2v) is 8.31. The first-order chi connectivity index (χ1) is 16.6. The van der Waals surface area contributed by atoms with Crippen molar-refractivity contribution in [3.63, 3.8) is 0 Å². The van der Waals surface area contributed by atoms with Crippen LogP contribution in [0.5, 0.6) is 5.75 Å². The SMILES string of the molecule is COc1cc2nc(C)nc(N[C@H](C)c3cc([N+](=O)[O-])cc(C(F)(F)F)c3)c2cc1C1=CCNCC1. The number of non-ortho nitro benzene ring substituents is 1. The Labute approximate surface area is 199 Å². The molecule has 0 fully saturated rings. The van der Waals surface area contributed by atoms with Crippen molar-refractivity contribution in [1.29, 1.82) is 0 Å². The average molecular weight is 487 g/mol. The highest BCUT2D eigenvalue weighted by molar-refractivity contribution is 5.94. The molecular weight excluding hydrogens is 463 g/mol. The first kappa shape index (κ1) is 24.4. The highest BCUT2D eigenvalue weighted by atomic mass is 19.4. The van der Waals surface area contributed by atoms with Gasteiger partial charge in [0.05, 0.1) is 29.2 Å². The molecule has 2 aromatic carbocycles. The number of anilines is 1. The van der Waals surface area contributed by atoms with E-state index >= 15 is 0 Å². The molecule has 0 unspecified atom stereocenters. The molecule has 1 atom stereocenters. The molecule has 35 heavy (non-hydrogen) atoms. The van der Waals surface area contributed by atoms with E-state index in [2.05, 4.69) is 26.7 Å². The number of fused-ring (bicyclic) bond motifs is 1. The summed E-state index contributed by atoms with van der Waals surface area (Å²) in [7, 11) is 1.59. The van der Waals surface area contributed by atoms with Crippen molar-refractivity contribution in [1.82, 2.24) is 15.3 Å². The van der Waals surface area contributed by atoms with Crippen LogP contribution in [0.4, 0.5) is 24.7 Å². The van der Waals surface area contributed by atoms with Crippen LogP contribution in [0.25, 0.3) is 16.5 Å². The summed E-state index contributed by atoms with van der Waals surface area (Å²) in [5, 5.41) is 18.3. The smallest absolute Gasteiger partial charge is 0.416 e. The van der Waals surface area contributed by atoms with Gasteiger partial charge in [0.15, 0.2) is 0 Å². The van der Waals surface area contributed by atoms with Crippen LogP contribution in [0, 0.1) is 17.0 Å². The van der Waals surface area contributed by atoms with Gasteiger partial charge in [-0.25, -0.2) is 9.97 Å². The minimum Gasteiger partial charge on any atom is -0.496 e. The largest absolute Gasteiger partial charge is 0.496 e. The van der Waals surface area contributed by atoms with E-state index in [0.717, 1.165) is 42.8 Å². The molecule has 0 bridgehead atoms. The number of hydrogen-bond donors (Lipinski definition) is 2. The van der Waals surface area contributed by atoms with E-state index in [1.165, 1.54) is 0 Å². The molecule has 3 aromatic rings. The zero-order valence-electron chi connectivity index (χ0n) is 19.4. The van der Waals surface area contributed by atoms with Gasteiger partial charge in [-0.1, -0.05) is 6.08 Å². The Morgan fingerprint density at radius 2 is 1.97 bits per heavy atom. The third-order valence-electron chi connectivity index (χ3n) is 5.87. The maximum atomic E-state index is 13.4. The second-order valence-electron chi connectivity index (χ2n) is 8.31. The quantitative estimate of drug-likeness (QED) is 0.353. The molecule has 0 amide bonds. The number of hydrogen-bond acceptors (Lipinski definition) is 7. The number of ether oxygens (including phenoxy) is 1. The summed E-state index contributed by atoms with van der Waals surface area (Å²) < 4.78 is 45.7. The first-order valence-electron chi connectivity index (χ1n) is 11.0. The van der Waals surface area contributed by atoms with E-state index in [9.17, 15) is 23.3 Å². The normalized spacial score (nSPS) is 15.0. The predicted molar refractivity (Wildman–Crippen MR) is 126 cm³/mol. The fraction of sp³-hybridized carbons (Fsp3) is 0.333. The van der Waals surface area contributed by atoms with E-state index < -0.39 is 28.4 Å². The summed E-state index contributed by atoms with van der Waals surface area (Å²) in [6.07, 6.45) is -1.83. The number of methoxy groups -OCH3 is 1. The van der Waals surface area contributed by atoms with E-state index in [4.69, 9.17) is 4.74 Å². The molecule has 2 heterocycles. The van der Waals surface area contributed by atoms with Crippen LogP contribution in [0.1, 0.15) is 41.9 Å². The standard InChI is InChI=1S/C24H24F3N5O3/c1-13(16-8-17(24(25,26)27)10-18(9-16)32(33)34)29-23-20-11-19(15-4-6-28-7-5-15)22(35-3)12-21(20)30-14(2)31-23/h4,8-13,28H,5-7H2,1-3H3,(H,29,30,31)/t13-/m1/s1. The molecule has 2 N–H and O–H groups in total. The Morgan fingerprint density at radius 1 is 1.20 bits per heavy atom. The lowest BCUT2D eigenvalue weighted by atomic mass is 9.97. The van der Waals surface area contributed by atoms with Crippen LogP contribution in [-0.4, -0.2) is 35.1 Å². The fourth-order valence-corrected chi connectivity index (χ4v) is 4.11. The molecule has 1 aromatic heterocycles. The summed E-state index contributed by atoms with van der Waals surface area (Å²) in [6.45, 7) is 4.90. The molecule has 1 aliphatic rings. The van der Waals surface area contributed by atoms with Crippen LogP contribution in [0.15, 0.2) is 36.4 Å². The maximum Gasteiger partial charge on any atom is 0.416 e.